The molecule has 1 saturated heterocycles. The first kappa shape index (κ1) is 15.8. The summed E-state index contributed by atoms with van der Waals surface area (Å²) in [6.07, 6.45) is 2.35. The molecule has 0 spiro atoms. The van der Waals surface area contributed by atoms with Crippen molar-refractivity contribution >= 4 is 23.2 Å². The number of carbonyl (C=O) groups is 1. The predicted molar refractivity (Wildman–Crippen MR) is 88.1 cm³/mol. The van der Waals surface area contributed by atoms with Gasteiger partial charge in [0.15, 0.2) is 0 Å². The van der Waals surface area contributed by atoms with Gasteiger partial charge in [-0.1, -0.05) is 24.6 Å². The normalized spacial score (nSPS) is 20.6. The first-order valence-corrected chi connectivity index (χ1v) is 8.40. The maximum absolute atomic E-state index is 12.1. The average molecular weight is 323 g/mol. The Bertz CT molecular complexity index is 539. The van der Waals surface area contributed by atoms with Crippen LogP contribution in [0.5, 0.6) is 0 Å². The van der Waals surface area contributed by atoms with E-state index in [1.54, 1.807) is 0 Å². The summed E-state index contributed by atoms with van der Waals surface area (Å²) >= 11 is 6.38. The molecular weight excluding hydrogens is 300 g/mol. The molecule has 1 aromatic rings. The molecule has 22 heavy (non-hydrogen) atoms. The number of ether oxygens (including phenoxy) is 1. The van der Waals surface area contributed by atoms with Crippen LogP contribution in [0.15, 0.2) is 18.2 Å². The Balaban J connectivity index is 1.59. The van der Waals surface area contributed by atoms with Gasteiger partial charge in [-0.15, -0.1) is 0 Å². The summed E-state index contributed by atoms with van der Waals surface area (Å²) in [4.78, 5) is 14.5. The fourth-order valence-corrected chi connectivity index (χ4v) is 3.06. The smallest absolute Gasteiger partial charge is 0.227 e. The summed E-state index contributed by atoms with van der Waals surface area (Å²) in [5, 5.41) is 3.69. The fourth-order valence-electron chi connectivity index (χ4n) is 2.82. The molecule has 2 fully saturated rings. The molecular formula is C17H23ClN2O2. The zero-order valence-corrected chi connectivity index (χ0v) is 13.7. The van der Waals surface area contributed by atoms with E-state index in [2.05, 4.69) is 10.2 Å². The van der Waals surface area contributed by atoms with Crippen molar-refractivity contribution in [1.82, 2.24) is 4.90 Å². The molecule has 4 nitrogen and oxygen atoms in total. The largest absolute Gasteiger partial charge is 0.379 e. The van der Waals surface area contributed by atoms with Crippen molar-refractivity contribution in [2.45, 2.75) is 26.3 Å². The molecule has 1 aliphatic heterocycles. The quantitative estimate of drug-likeness (QED) is 0.905. The number of hydrogen-bond acceptors (Lipinski definition) is 3. The number of rotatable bonds is 5. The second kappa shape index (κ2) is 6.99. The first-order valence-electron chi connectivity index (χ1n) is 8.03. The molecule has 3 rings (SSSR count). The molecule has 0 aromatic heterocycles. The first-order chi connectivity index (χ1) is 10.6. The maximum atomic E-state index is 12.1. The van der Waals surface area contributed by atoms with Gasteiger partial charge in [0, 0.05) is 36.3 Å². The highest BCUT2D eigenvalue weighted by molar-refractivity contribution is 6.31. The van der Waals surface area contributed by atoms with E-state index in [0.717, 1.165) is 44.1 Å². The molecule has 0 bridgehead atoms. The second-order valence-corrected chi connectivity index (χ2v) is 6.72. The highest BCUT2D eigenvalue weighted by Gasteiger charge is 2.32. The molecule has 1 amide bonds. The Morgan fingerprint density at radius 3 is 2.77 bits per heavy atom. The highest BCUT2D eigenvalue weighted by Crippen LogP contribution is 2.37. The SMILES string of the molecule is CC(C(=O)Nc1ccc(CN2CCOCC2)c(Cl)c1)C1CC1. The van der Waals surface area contributed by atoms with Crippen LogP contribution in [0.25, 0.3) is 0 Å². The lowest BCUT2D eigenvalue weighted by molar-refractivity contribution is -0.119. The number of amides is 1. The monoisotopic (exact) mass is 322 g/mol. The van der Waals surface area contributed by atoms with Gasteiger partial charge in [0.1, 0.15) is 0 Å². The number of nitrogens with one attached hydrogen (secondary N) is 1. The van der Waals surface area contributed by atoms with Gasteiger partial charge in [-0.2, -0.15) is 0 Å². The summed E-state index contributed by atoms with van der Waals surface area (Å²) in [6, 6.07) is 5.81. The van der Waals surface area contributed by atoms with E-state index in [4.69, 9.17) is 16.3 Å². The molecule has 1 heterocycles. The fraction of sp³-hybridized carbons (Fsp3) is 0.588. The Morgan fingerprint density at radius 1 is 1.41 bits per heavy atom. The van der Waals surface area contributed by atoms with Crippen LogP contribution in [0.3, 0.4) is 0 Å². The lowest BCUT2D eigenvalue weighted by Crippen LogP contribution is -2.35. The highest BCUT2D eigenvalue weighted by atomic mass is 35.5. The van der Waals surface area contributed by atoms with Gasteiger partial charge < -0.3 is 10.1 Å². The molecule has 5 heteroatoms. The third kappa shape index (κ3) is 4.00. The van der Waals surface area contributed by atoms with Gasteiger partial charge in [-0.05, 0) is 36.5 Å². The number of halogens is 1. The summed E-state index contributed by atoms with van der Waals surface area (Å²) in [7, 11) is 0. The number of anilines is 1. The van der Waals surface area contributed by atoms with Gasteiger partial charge in [-0.3, -0.25) is 9.69 Å². The van der Waals surface area contributed by atoms with Crippen molar-refractivity contribution in [3.63, 3.8) is 0 Å². The van der Waals surface area contributed by atoms with Gasteiger partial charge >= 0.3 is 0 Å². The minimum atomic E-state index is 0.0896. The maximum Gasteiger partial charge on any atom is 0.227 e. The van der Waals surface area contributed by atoms with E-state index >= 15 is 0 Å². The minimum absolute atomic E-state index is 0.0896. The average Bonchev–Trinajstić information content (AvgIpc) is 3.35. The van der Waals surface area contributed by atoms with E-state index in [0.29, 0.717) is 10.9 Å². The second-order valence-electron chi connectivity index (χ2n) is 6.31. The van der Waals surface area contributed by atoms with Crippen LogP contribution in [-0.4, -0.2) is 37.1 Å². The number of hydrogen-bond donors (Lipinski definition) is 1. The van der Waals surface area contributed by atoms with Crippen LogP contribution in [0.1, 0.15) is 25.3 Å². The Kier molecular flexibility index (Phi) is 5.01. The number of nitrogens with zero attached hydrogens (tertiary/aromatic N) is 1. The molecule has 1 aliphatic carbocycles. The lowest BCUT2D eigenvalue weighted by Gasteiger charge is -2.27. The van der Waals surface area contributed by atoms with Gasteiger partial charge in [0.2, 0.25) is 5.91 Å². The van der Waals surface area contributed by atoms with Gasteiger partial charge in [0.05, 0.1) is 13.2 Å². The van der Waals surface area contributed by atoms with Crippen LogP contribution in [-0.2, 0) is 16.1 Å². The summed E-state index contributed by atoms with van der Waals surface area (Å²) in [5.41, 5.74) is 1.88. The zero-order chi connectivity index (χ0) is 15.5. The molecule has 2 aliphatic rings. The van der Waals surface area contributed by atoms with Crippen LogP contribution >= 0.6 is 11.6 Å². The number of benzene rings is 1. The third-order valence-corrected chi connectivity index (χ3v) is 4.91. The van der Waals surface area contributed by atoms with E-state index < -0.39 is 0 Å². The van der Waals surface area contributed by atoms with Crippen LogP contribution in [0.2, 0.25) is 5.02 Å². The molecule has 1 saturated carbocycles. The minimum Gasteiger partial charge on any atom is -0.379 e. The van der Waals surface area contributed by atoms with Crippen LogP contribution < -0.4 is 5.32 Å². The molecule has 0 radical (unpaired) electrons. The molecule has 1 atom stereocenters. The van der Waals surface area contributed by atoms with E-state index in [9.17, 15) is 4.79 Å². The number of carbonyl (C=O) groups excluding carboxylic acids is 1. The Labute approximate surface area is 136 Å². The molecule has 1 aromatic carbocycles. The molecule has 1 unspecified atom stereocenters. The van der Waals surface area contributed by atoms with E-state index in [-0.39, 0.29) is 11.8 Å². The molecule has 1 N–H and O–H groups in total. The summed E-state index contributed by atoms with van der Waals surface area (Å²) < 4.78 is 5.36. The Hall–Kier alpha value is -1.10. The number of morpholine rings is 1. The van der Waals surface area contributed by atoms with Gasteiger partial charge in [-0.25, -0.2) is 0 Å². The van der Waals surface area contributed by atoms with Crippen LogP contribution in [0, 0.1) is 11.8 Å². The summed E-state index contributed by atoms with van der Waals surface area (Å²) in [5.74, 6) is 0.752. The lowest BCUT2D eigenvalue weighted by atomic mass is 10.1. The van der Waals surface area contributed by atoms with E-state index in [1.807, 2.05) is 25.1 Å². The van der Waals surface area contributed by atoms with Crippen molar-refractivity contribution in [1.29, 1.82) is 0 Å². The van der Waals surface area contributed by atoms with Crippen molar-refractivity contribution in [2.75, 3.05) is 31.6 Å². The van der Waals surface area contributed by atoms with Crippen LogP contribution in [0.4, 0.5) is 5.69 Å². The topological polar surface area (TPSA) is 41.6 Å². The van der Waals surface area contributed by atoms with E-state index in [1.165, 1.54) is 12.8 Å². The van der Waals surface area contributed by atoms with Crippen molar-refractivity contribution in [3.8, 4) is 0 Å². The van der Waals surface area contributed by atoms with Crippen molar-refractivity contribution in [3.05, 3.63) is 28.8 Å². The zero-order valence-electron chi connectivity index (χ0n) is 13.0. The molecule has 120 valence electrons. The van der Waals surface area contributed by atoms with Gasteiger partial charge in [0.25, 0.3) is 0 Å². The predicted octanol–water partition coefficient (Wildman–Crippen LogP) is 3.16. The van der Waals surface area contributed by atoms with Crippen molar-refractivity contribution in [2.24, 2.45) is 11.8 Å². The summed E-state index contributed by atoms with van der Waals surface area (Å²) in [6.45, 7) is 6.27. The Morgan fingerprint density at radius 2 is 2.14 bits per heavy atom. The van der Waals surface area contributed by atoms with Crippen molar-refractivity contribution < 1.29 is 9.53 Å². The third-order valence-electron chi connectivity index (χ3n) is 4.56. The standard InChI is InChI=1S/C17H23ClN2O2/c1-12(13-2-3-13)17(21)19-15-5-4-14(16(18)10-15)11-20-6-8-22-9-7-20/h4-5,10,12-13H,2-3,6-9,11H2,1H3,(H,19,21).